The van der Waals surface area contributed by atoms with E-state index in [2.05, 4.69) is 10.1 Å². The summed E-state index contributed by atoms with van der Waals surface area (Å²) in [4.78, 5) is 35.9. The van der Waals surface area contributed by atoms with Crippen LogP contribution < -0.4 is 14.8 Å². The van der Waals surface area contributed by atoms with Crippen LogP contribution in [0.15, 0.2) is 72.8 Å². The van der Waals surface area contributed by atoms with Gasteiger partial charge in [-0.25, -0.2) is 9.59 Å². The van der Waals surface area contributed by atoms with E-state index in [-0.39, 0.29) is 23.6 Å². The maximum atomic E-state index is 12.1. The molecule has 0 unspecified atom stereocenters. The van der Waals surface area contributed by atoms with Crippen molar-refractivity contribution >= 4 is 23.5 Å². The van der Waals surface area contributed by atoms with E-state index in [9.17, 15) is 14.4 Å². The zero-order valence-electron chi connectivity index (χ0n) is 17.5. The Morgan fingerprint density at radius 3 is 2.00 bits per heavy atom. The molecule has 3 aromatic carbocycles. The first-order chi connectivity index (χ1) is 15.5. The first-order valence-corrected chi connectivity index (χ1v) is 9.56. The van der Waals surface area contributed by atoms with Crippen LogP contribution in [0.5, 0.6) is 17.2 Å². The highest BCUT2D eigenvalue weighted by Gasteiger charge is 2.19. The third-order valence-corrected chi connectivity index (χ3v) is 4.29. The number of anilines is 1. The summed E-state index contributed by atoms with van der Waals surface area (Å²) in [7, 11) is 2.44. The molecule has 32 heavy (non-hydrogen) atoms. The van der Waals surface area contributed by atoms with Gasteiger partial charge in [0.15, 0.2) is 6.61 Å². The van der Waals surface area contributed by atoms with Crippen molar-refractivity contribution in [2.75, 3.05) is 26.1 Å². The number of rotatable bonds is 8. The number of methoxy groups -OCH3 is 2. The molecule has 0 aromatic heterocycles. The Labute approximate surface area is 184 Å². The highest BCUT2D eigenvalue weighted by atomic mass is 16.5. The van der Waals surface area contributed by atoms with Gasteiger partial charge in [-0.2, -0.15) is 0 Å². The van der Waals surface area contributed by atoms with Gasteiger partial charge in [0.1, 0.15) is 17.2 Å². The topological polar surface area (TPSA) is 100 Å². The Hall–Kier alpha value is -4.33. The molecule has 0 aliphatic rings. The van der Waals surface area contributed by atoms with E-state index in [0.29, 0.717) is 22.9 Å². The number of para-hydroxylation sites is 1. The van der Waals surface area contributed by atoms with Gasteiger partial charge in [-0.05, 0) is 54.6 Å². The largest absolute Gasteiger partial charge is 0.484 e. The molecule has 3 rings (SSSR count). The van der Waals surface area contributed by atoms with Gasteiger partial charge in [-0.3, -0.25) is 4.79 Å². The van der Waals surface area contributed by atoms with Crippen molar-refractivity contribution in [3.63, 3.8) is 0 Å². The van der Waals surface area contributed by atoms with E-state index in [4.69, 9.17) is 14.2 Å². The number of ether oxygens (including phenoxy) is 4. The lowest BCUT2D eigenvalue weighted by Crippen LogP contribution is -2.20. The molecule has 164 valence electrons. The van der Waals surface area contributed by atoms with Crippen LogP contribution in [0.3, 0.4) is 0 Å². The minimum absolute atomic E-state index is 0.0270. The number of amides is 1. The van der Waals surface area contributed by atoms with Crippen molar-refractivity contribution in [2.45, 2.75) is 0 Å². The number of nitrogens with one attached hydrogen (secondary N) is 1. The van der Waals surface area contributed by atoms with Crippen LogP contribution in [-0.2, 0) is 14.3 Å². The van der Waals surface area contributed by atoms with Gasteiger partial charge in [0.05, 0.1) is 25.3 Å². The Morgan fingerprint density at radius 1 is 0.719 bits per heavy atom. The molecule has 0 bridgehead atoms. The normalized spacial score (nSPS) is 10.1. The van der Waals surface area contributed by atoms with Crippen LogP contribution in [0.2, 0.25) is 0 Å². The number of esters is 2. The van der Waals surface area contributed by atoms with Crippen molar-refractivity contribution in [2.24, 2.45) is 0 Å². The summed E-state index contributed by atoms with van der Waals surface area (Å²) in [6.45, 7) is -0.120. The average Bonchev–Trinajstić information content (AvgIpc) is 2.83. The minimum Gasteiger partial charge on any atom is -0.484 e. The maximum absolute atomic E-state index is 12.1. The zero-order valence-corrected chi connectivity index (χ0v) is 17.5. The van der Waals surface area contributed by atoms with Crippen molar-refractivity contribution in [1.82, 2.24) is 0 Å². The summed E-state index contributed by atoms with van der Waals surface area (Å²) in [6.07, 6.45) is 0. The minimum atomic E-state index is -0.688. The van der Waals surface area contributed by atoms with Gasteiger partial charge >= 0.3 is 11.9 Å². The number of hydrogen-bond acceptors (Lipinski definition) is 7. The van der Waals surface area contributed by atoms with E-state index < -0.39 is 11.9 Å². The zero-order chi connectivity index (χ0) is 22.9. The van der Waals surface area contributed by atoms with Gasteiger partial charge in [-0.15, -0.1) is 0 Å². The Balaban J connectivity index is 1.63. The molecule has 0 saturated heterocycles. The second-order valence-corrected chi connectivity index (χ2v) is 6.47. The van der Waals surface area contributed by atoms with Crippen LogP contribution in [0.1, 0.15) is 20.7 Å². The average molecular weight is 435 g/mol. The Morgan fingerprint density at radius 2 is 1.34 bits per heavy atom. The van der Waals surface area contributed by atoms with Gasteiger partial charge < -0.3 is 24.3 Å². The summed E-state index contributed by atoms with van der Waals surface area (Å²) in [5.74, 6) is -0.254. The molecule has 0 aliphatic carbocycles. The molecule has 8 heteroatoms. The lowest BCUT2D eigenvalue weighted by atomic mass is 10.1. The molecule has 0 spiro atoms. The van der Waals surface area contributed by atoms with Crippen LogP contribution in [0.25, 0.3) is 0 Å². The van der Waals surface area contributed by atoms with Crippen LogP contribution in [0.4, 0.5) is 5.69 Å². The van der Waals surface area contributed by atoms with E-state index in [1.54, 1.807) is 36.4 Å². The molecule has 1 amide bonds. The van der Waals surface area contributed by atoms with E-state index in [1.807, 2.05) is 18.2 Å². The van der Waals surface area contributed by atoms with Gasteiger partial charge in [0.2, 0.25) is 0 Å². The third kappa shape index (κ3) is 5.85. The summed E-state index contributed by atoms with van der Waals surface area (Å²) in [5, 5.41) is 2.73. The fourth-order valence-electron chi connectivity index (χ4n) is 2.76. The predicted molar refractivity (Wildman–Crippen MR) is 116 cm³/mol. The standard InChI is InChI=1S/C24H21NO7/c1-29-23(27)20-13-12-19(14-21(20)24(28)30-2)32-18-10-8-16(9-11-18)25-22(26)15-31-17-6-4-3-5-7-17/h3-14H,15H2,1-2H3,(H,25,26). The van der Waals surface area contributed by atoms with E-state index in [0.717, 1.165) is 0 Å². The Bertz CT molecular complexity index is 1100. The maximum Gasteiger partial charge on any atom is 0.338 e. The molecule has 0 radical (unpaired) electrons. The molecule has 0 aliphatic heterocycles. The quantitative estimate of drug-likeness (QED) is 0.533. The number of carbonyl (C=O) groups excluding carboxylic acids is 3. The highest BCUT2D eigenvalue weighted by molar-refractivity contribution is 6.03. The lowest BCUT2D eigenvalue weighted by Gasteiger charge is -2.11. The second-order valence-electron chi connectivity index (χ2n) is 6.47. The smallest absolute Gasteiger partial charge is 0.338 e. The molecule has 3 aromatic rings. The lowest BCUT2D eigenvalue weighted by molar-refractivity contribution is -0.118. The molecular formula is C24H21NO7. The molecular weight excluding hydrogens is 414 g/mol. The highest BCUT2D eigenvalue weighted by Crippen LogP contribution is 2.26. The van der Waals surface area contributed by atoms with E-state index in [1.165, 1.54) is 32.4 Å². The Kier molecular flexibility index (Phi) is 7.42. The molecule has 0 saturated carbocycles. The van der Waals surface area contributed by atoms with Crippen molar-refractivity contribution in [1.29, 1.82) is 0 Å². The fraction of sp³-hybridized carbons (Fsp3) is 0.125. The molecule has 1 N–H and O–H groups in total. The summed E-state index contributed by atoms with van der Waals surface area (Å²) >= 11 is 0. The predicted octanol–water partition coefficient (Wildman–Crippen LogP) is 4.07. The molecule has 0 heterocycles. The van der Waals surface area contributed by atoms with Crippen molar-refractivity contribution in [3.05, 3.63) is 83.9 Å². The fourth-order valence-corrected chi connectivity index (χ4v) is 2.76. The van der Waals surface area contributed by atoms with Crippen LogP contribution in [0, 0.1) is 0 Å². The number of benzene rings is 3. The van der Waals surface area contributed by atoms with Crippen molar-refractivity contribution in [3.8, 4) is 17.2 Å². The molecule has 0 fully saturated rings. The second kappa shape index (κ2) is 10.6. The first-order valence-electron chi connectivity index (χ1n) is 9.56. The van der Waals surface area contributed by atoms with Gasteiger partial charge in [0, 0.05) is 5.69 Å². The first kappa shape index (κ1) is 22.4. The third-order valence-electron chi connectivity index (χ3n) is 4.29. The number of carbonyl (C=O) groups is 3. The summed E-state index contributed by atoms with van der Waals surface area (Å²) < 4.78 is 20.6. The monoisotopic (exact) mass is 435 g/mol. The van der Waals surface area contributed by atoms with Crippen LogP contribution in [-0.4, -0.2) is 38.7 Å². The van der Waals surface area contributed by atoms with Gasteiger partial charge in [-0.1, -0.05) is 18.2 Å². The van der Waals surface area contributed by atoms with Crippen molar-refractivity contribution < 1.29 is 33.3 Å². The molecule has 8 nitrogen and oxygen atoms in total. The summed E-state index contributed by atoms with van der Waals surface area (Å²) in [5.41, 5.74) is 0.664. The molecule has 0 atom stereocenters. The summed E-state index contributed by atoms with van der Waals surface area (Å²) in [6, 6.07) is 20.0. The number of hydrogen-bond donors (Lipinski definition) is 1. The van der Waals surface area contributed by atoms with E-state index >= 15 is 0 Å². The van der Waals surface area contributed by atoms with Crippen LogP contribution >= 0.6 is 0 Å². The van der Waals surface area contributed by atoms with Gasteiger partial charge in [0.25, 0.3) is 5.91 Å². The SMILES string of the molecule is COC(=O)c1ccc(Oc2ccc(NC(=O)COc3ccccc3)cc2)cc1C(=O)OC.